The molecule has 164 valence electrons. The van der Waals surface area contributed by atoms with E-state index in [0.717, 1.165) is 24.6 Å². The summed E-state index contributed by atoms with van der Waals surface area (Å²) >= 11 is 5.78. The van der Waals surface area contributed by atoms with Gasteiger partial charge in [0.05, 0.1) is 24.2 Å². The summed E-state index contributed by atoms with van der Waals surface area (Å²) in [6.07, 6.45) is 0.0276. The van der Waals surface area contributed by atoms with E-state index in [9.17, 15) is 13.2 Å². The fourth-order valence-electron chi connectivity index (χ4n) is 3.23. The number of ether oxygens (including phenoxy) is 1. The first kappa shape index (κ1) is 22.8. The SMILES string of the molecule is Cc1ccc(C(CNC(=O)CCNS(=O)(=O)c2ccc(Cl)cc2)N2CCOCC2)o1. The third kappa shape index (κ3) is 6.29. The van der Waals surface area contributed by atoms with E-state index in [1.807, 2.05) is 19.1 Å². The number of carbonyl (C=O) groups excluding carboxylic acids is 1. The number of aryl methyl sites for hydroxylation is 1. The van der Waals surface area contributed by atoms with Gasteiger partial charge in [-0.3, -0.25) is 9.69 Å². The Morgan fingerprint density at radius 3 is 2.50 bits per heavy atom. The molecule has 1 amide bonds. The predicted molar refractivity (Wildman–Crippen MR) is 113 cm³/mol. The Labute approximate surface area is 181 Å². The number of benzene rings is 1. The zero-order valence-electron chi connectivity index (χ0n) is 16.8. The van der Waals surface area contributed by atoms with Gasteiger partial charge in [0.2, 0.25) is 15.9 Å². The first-order valence-corrected chi connectivity index (χ1v) is 11.6. The first-order chi connectivity index (χ1) is 14.3. The van der Waals surface area contributed by atoms with Crippen LogP contribution in [0.2, 0.25) is 5.02 Å². The number of morpholine rings is 1. The van der Waals surface area contributed by atoms with Crippen molar-refractivity contribution in [2.75, 3.05) is 39.4 Å². The second kappa shape index (κ2) is 10.4. The molecule has 1 fully saturated rings. The lowest BCUT2D eigenvalue weighted by molar-refractivity contribution is -0.121. The molecule has 1 unspecified atom stereocenters. The van der Waals surface area contributed by atoms with E-state index in [0.29, 0.717) is 24.8 Å². The highest BCUT2D eigenvalue weighted by Crippen LogP contribution is 2.23. The Balaban J connectivity index is 1.51. The van der Waals surface area contributed by atoms with Crippen molar-refractivity contribution in [2.45, 2.75) is 24.3 Å². The highest BCUT2D eigenvalue weighted by molar-refractivity contribution is 7.89. The summed E-state index contributed by atoms with van der Waals surface area (Å²) in [6.45, 7) is 5.02. The Kier molecular flexibility index (Phi) is 7.90. The van der Waals surface area contributed by atoms with Crippen molar-refractivity contribution < 1.29 is 22.4 Å². The van der Waals surface area contributed by atoms with Crippen LogP contribution in [0.5, 0.6) is 0 Å². The van der Waals surface area contributed by atoms with Crippen molar-refractivity contribution in [3.05, 3.63) is 52.9 Å². The van der Waals surface area contributed by atoms with Gasteiger partial charge in [-0.25, -0.2) is 13.1 Å². The zero-order chi connectivity index (χ0) is 21.6. The van der Waals surface area contributed by atoms with E-state index in [2.05, 4.69) is 14.9 Å². The molecule has 1 atom stereocenters. The number of sulfonamides is 1. The molecule has 1 aliphatic heterocycles. The quantitative estimate of drug-likeness (QED) is 0.600. The van der Waals surface area contributed by atoms with Crippen LogP contribution in [0.4, 0.5) is 0 Å². The summed E-state index contributed by atoms with van der Waals surface area (Å²) in [4.78, 5) is 14.6. The number of hydrogen-bond acceptors (Lipinski definition) is 6. The van der Waals surface area contributed by atoms with Crippen molar-refractivity contribution in [2.24, 2.45) is 0 Å². The third-order valence-corrected chi connectivity index (χ3v) is 6.57. The Hall–Kier alpha value is -1.91. The second-order valence-corrected chi connectivity index (χ2v) is 9.22. The normalized spacial score (nSPS) is 16.3. The monoisotopic (exact) mass is 455 g/mol. The lowest BCUT2D eigenvalue weighted by Crippen LogP contribution is -2.44. The fraction of sp³-hybridized carbons (Fsp3) is 0.450. The molecule has 3 rings (SSSR count). The van der Waals surface area contributed by atoms with Crippen LogP contribution in [0.1, 0.15) is 24.0 Å². The van der Waals surface area contributed by atoms with Gasteiger partial charge >= 0.3 is 0 Å². The van der Waals surface area contributed by atoms with Crippen LogP contribution in [0, 0.1) is 6.92 Å². The van der Waals surface area contributed by atoms with Crippen molar-refractivity contribution >= 4 is 27.5 Å². The maximum atomic E-state index is 12.3. The molecule has 1 aliphatic rings. The number of rotatable bonds is 9. The van der Waals surface area contributed by atoms with Gasteiger partial charge in [-0.2, -0.15) is 0 Å². The van der Waals surface area contributed by atoms with Crippen LogP contribution >= 0.6 is 11.6 Å². The summed E-state index contributed by atoms with van der Waals surface area (Å²) in [5, 5.41) is 3.34. The number of carbonyl (C=O) groups is 1. The number of amides is 1. The van der Waals surface area contributed by atoms with Gasteiger partial charge in [0.1, 0.15) is 11.5 Å². The average Bonchev–Trinajstić information content (AvgIpc) is 3.15. The molecule has 0 spiro atoms. The molecular weight excluding hydrogens is 430 g/mol. The first-order valence-electron chi connectivity index (χ1n) is 9.75. The second-order valence-electron chi connectivity index (χ2n) is 7.02. The number of nitrogens with zero attached hydrogens (tertiary/aromatic N) is 1. The van der Waals surface area contributed by atoms with E-state index in [1.165, 1.54) is 24.3 Å². The molecular formula is C20H26ClN3O5S. The Bertz CT molecular complexity index is 940. The molecule has 0 saturated carbocycles. The Morgan fingerprint density at radius 2 is 1.87 bits per heavy atom. The lowest BCUT2D eigenvalue weighted by atomic mass is 10.1. The number of halogens is 1. The van der Waals surface area contributed by atoms with Crippen LogP contribution in [0.25, 0.3) is 0 Å². The molecule has 2 aromatic rings. The van der Waals surface area contributed by atoms with Gasteiger partial charge in [-0.1, -0.05) is 11.6 Å². The van der Waals surface area contributed by atoms with Crippen LogP contribution in [0.3, 0.4) is 0 Å². The van der Waals surface area contributed by atoms with Crippen LogP contribution in [-0.4, -0.2) is 58.6 Å². The molecule has 1 aromatic heterocycles. The maximum Gasteiger partial charge on any atom is 0.240 e. The van der Waals surface area contributed by atoms with Gasteiger partial charge in [0.25, 0.3) is 0 Å². The molecule has 30 heavy (non-hydrogen) atoms. The number of hydrogen-bond donors (Lipinski definition) is 2. The van der Waals surface area contributed by atoms with E-state index < -0.39 is 10.0 Å². The summed E-state index contributed by atoms with van der Waals surface area (Å²) in [7, 11) is -3.69. The van der Waals surface area contributed by atoms with Gasteiger partial charge in [-0.15, -0.1) is 0 Å². The Morgan fingerprint density at radius 1 is 1.17 bits per heavy atom. The topological polar surface area (TPSA) is 101 Å². The molecule has 0 radical (unpaired) electrons. The third-order valence-electron chi connectivity index (χ3n) is 4.84. The van der Waals surface area contributed by atoms with Crippen LogP contribution in [-0.2, 0) is 19.6 Å². The molecule has 0 aliphatic carbocycles. The van der Waals surface area contributed by atoms with Gasteiger partial charge in [0, 0.05) is 37.6 Å². The minimum absolute atomic E-state index is 0.00112. The summed E-state index contributed by atoms with van der Waals surface area (Å²) in [5.41, 5.74) is 0. The van der Waals surface area contributed by atoms with Crippen molar-refractivity contribution in [1.82, 2.24) is 14.9 Å². The van der Waals surface area contributed by atoms with E-state index >= 15 is 0 Å². The van der Waals surface area contributed by atoms with Gasteiger partial charge in [-0.05, 0) is 43.3 Å². The zero-order valence-corrected chi connectivity index (χ0v) is 18.3. The fourth-order valence-corrected chi connectivity index (χ4v) is 4.38. The van der Waals surface area contributed by atoms with Crippen LogP contribution < -0.4 is 10.0 Å². The van der Waals surface area contributed by atoms with Crippen LogP contribution in [0.15, 0.2) is 45.7 Å². The average molecular weight is 456 g/mol. The molecule has 8 nitrogen and oxygen atoms in total. The number of furan rings is 1. The predicted octanol–water partition coefficient (Wildman–Crippen LogP) is 2.10. The molecule has 10 heteroatoms. The lowest BCUT2D eigenvalue weighted by Gasteiger charge is -2.33. The van der Waals surface area contributed by atoms with Gasteiger partial charge < -0.3 is 14.5 Å². The summed E-state index contributed by atoms with van der Waals surface area (Å²) in [5.74, 6) is 1.36. The van der Waals surface area contributed by atoms with E-state index in [1.54, 1.807) is 0 Å². The minimum Gasteiger partial charge on any atom is -0.465 e. The number of nitrogens with one attached hydrogen (secondary N) is 2. The molecule has 1 aromatic carbocycles. The van der Waals surface area contributed by atoms with Gasteiger partial charge in [0.15, 0.2) is 0 Å². The minimum atomic E-state index is -3.69. The molecule has 2 heterocycles. The van der Waals surface area contributed by atoms with Crippen molar-refractivity contribution in [1.29, 1.82) is 0 Å². The highest BCUT2D eigenvalue weighted by Gasteiger charge is 2.25. The standard InChI is InChI=1S/C20H26ClN3O5S/c1-15-2-7-19(29-15)18(24-10-12-28-13-11-24)14-22-20(25)8-9-23-30(26,27)17-5-3-16(21)4-6-17/h2-7,18,23H,8-14H2,1H3,(H,22,25). The van der Waals surface area contributed by atoms with Crippen molar-refractivity contribution in [3.63, 3.8) is 0 Å². The summed E-state index contributed by atoms with van der Waals surface area (Å²) < 4.78 is 38.2. The maximum absolute atomic E-state index is 12.3. The smallest absolute Gasteiger partial charge is 0.240 e. The summed E-state index contributed by atoms with van der Waals surface area (Å²) in [6, 6.07) is 9.57. The molecule has 1 saturated heterocycles. The molecule has 0 bridgehead atoms. The largest absolute Gasteiger partial charge is 0.465 e. The van der Waals surface area contributed by atoms with E-state index in [4.69, 9.17) is 20.8 Å². The van der Waals surface area contributed by atoms with E-state index in [-0.39, 0.29) is 29.8 Å². The molecule has 2 N–H and O–H groups in total. The highest BCUT2D eigenvalue weighted by atomic mass is 35.5. The van der Waals surface area contributed by atoms with Crippen molar-refractivity contribution in [3.8, 4) is 0 Å².